The highest BCUT2D eigenvalue weighted by Crippen LogP contribution is 2.35. The van der Waals surface area contributed by atoms with Crippen LogP contribution in [0.15, 0.2) is 59.1 Å². The lowest BCUT2D eigenvalue weighted by Crippen LogP contribution is -2.08. The molecular weight excluding hydrogens is 448 g/mol. The van der Waals surface area contributed by atoms with E-state index in [9.17, 15) is 4.79 Å². The Balaban J connectivity index is 2.03. The Bertz CT molecular complexity index is 1050. The number of aryl methyl sites for hydroxylation is 1. The minimum Gasteiger partial charge on any atom is -0.397 e. The van der Waals surface area contributed by atoms with Gasteiger partial charge >= 0.3 is 0 Å². The number of benzene rings is 3. The van der Waals surface area contributed by atoms with E-state index in [1.165, 1.54) is 0 Å². The fraction of sp³-hybridized carbons (Fsp3) is 0.208. The average molecular weight is 472 g/mol. The molecule has 0 aliphatic heterocycles. The van der Waals surface area contributed by atoms with Crippen molar-refractivity contribution in [3.63, 3.8) is 0 Å². The normalized spacial score (nSPS) is 10.8. The molecule has 3 rings (SSSR count). The van der Waals surface area contributed by atoms with E-state index in [2.05, 4.69) is 28.2 Å². The van der Waals surface area contributed by atoms with Gasteiger partial charge in [-0.3, -0.25) is 4.79 Å². The van der Waals surface area contributed by atoms with Crippen molar-refractivity contribution in [2.24, 2.45) is 0 Å². The van der Waals surface area contributed by atoms with E-state index in [0.717, 1.165) is 46.2 Å². The minimum atomic E-state index is -0.0550. The fourth-order valence-corrected chi connectivity index (χ4v) is 4.00. The molecule has 0 spiro atoms. The van der Waals surface area contributed by atoms with Crippen LogP contribution in [0.5, 0.6) is 0 Å². The maximum absolute atomic E-state index is 13.1. The summed E-state index contributed by atoms with van der Waals surface area (Å²) in [5.41, 5.74) is 11.5. The topological polar surface area (TPSA) is 55.1 Å². The smallest absolute Gasteiger partial charge is 0.194 e. The van der Waals surface area contributed by atoms with Crippen LogP contribution in [-0.2, 0) is 6.42 Å². The van der Waals surface area contributed by atoms with Crippen LogP contribution in [0.25, 0.3) is 0 Å². The number of ketones is 1. The molecule has 3 aromatic rings. The van der Waals surface area contributed by atoms with Gasteiger partial charge in [0.05, 0.1) is 16.4 Å². The van der Waals surface area contributed by atoms with Crippen LogP contribution in [0.3, 0.4) is 0 Å². The van der Waals surface area contributed by atoms with Gasteiger partial charge < -0.3 is 11.1 Å². The lowest BCUT2D eigenvalue weighted by molar-refractivity contribution is 0.103. The predicted octanol–water partition coefficient (Wildman–Crippen LogP) is 7.31. The zero-order chi connectivity index (χ0) is 21.0. The molecule has 29 heavy (non-hydrogen) atoms. The average Bonchev–Trinajstić information content (AvgIpc) is 2.69. The molecule has 0 radical (unpaired) electrons. The molecule has 3 N–H and O–H groups in total. The number of nitrogens with one attached hydrogen (secondary N) is 1. The Morgan fingerprint density at radius 3 is 2.48 bits per heavy atom. The largest absolute Gasteiger partial charge is 0.397 e. The highest BCUT2D eigenvalue weighted by molar-refractivity contribution is 9.10. The van der Waals surface area contributed by atoms with Gasteiger partial charge in [0.1, 0.15) is 0 Å². The number of rotatable bonds is 7. The number of halogens is 2. The number of unbranched alkanes of at least 4 members (excludes halogenated alkanes) is 1. The second-order valence-corrected chi connectivity index (χ2v) is 8.35. The van der Waals surface area contributed by atoms with Crippen molar-refractivity contribution in [2.45, 2.75) is 33.1 Å². The van der Waals surface area contributed by atoms with E-state index in [4.69, 9.17) is 17.3 Å². The molecule has 0 heterocycles. The monoisotopic (exact) mass is 470 g/mol. The maximum Gasteiger partial charge on any atom is 0.194 e. The van der Waals surface area contributed by atoms with Gasteiger partial charge in [0.15, 0.2) is 5.78 Å². The quantitative estimate of drug-likeness (QED) is 0.280. The lowest BCUT2D eigenvalue weighted by Gasteiger charge is -2.18. The van der Waals surface area contributed by atoms with Gasteiger partial charge in [0, 0.05) is 21.3 Å². The molecule has 0 aromatic heterocycles. The van der Waals surface area contributed by atoms with Gasteiger partial charge in [0.25, 0.3) is 0 Å². The van der Waals surface area contributed by atoms with Crippen molar-refractivity contribution >= 4 is 50.4 Å². The number of carbonyl (C=O) groups excluding carboxylic acids is 1. The van der Waals surface area contributed by atoms with Gasteiger partial charge in [-0.15, -0.1) is 0 Å². The van der Waals surface area contributed by atoms with Gasteiger partial charge in [-0.05, 0) is 61.2 Å². The first-order valence-electron chi connectivity index (χ1n) is 9.66. The van der Waals surface area contributed by atoms with Gasteiger partial charge in [0.2, 0.25) is 0 Å². The Hall–Kier alpha value is -2.30. The van der Waals surface area contributed by atoms with Crippen molar-refractivity contribution in [1.82, 2.24) is 0 Å². The summed E-state index contributed by atoms with van der Waals surface area (Å²) in [6.45, 7) is 4.07. The first kappa shape index (κ1) is 21.4. The Morgan fingerprint density at radius 1 is 1.07 bits per heavy atom. The second kappa shape index (κ2) is 9.47. The molecule has 0 saturated heterocycles. The van der Waals surface area contributed by atoms with Crippen LogP contribution >= 0.6 is 27.5 Å². The standard InChI is InChI=1S/C24H24BrClN2O/c1-3-4-8-18-21(28-22-12-10-16(25)14-20(22)27)13-11-19(23(18)26)24(29)17-9-6-5-7-15(17)2/h5-7,9-14,28H,3-4,8,27H2,1-2H3. The molecular formula is C24H24BrClN2O. The number of hydrogen-bond donors (Lipinski definition) is 2. The number of nitrogens with two attached hydrogens (primary N) is 1. The van der Waals surface area contributed by atoms with Gasteiger partial charge in [-0.2, -0.15) is 0 Å². The summed E-state index contributed by atoms with van der Waals surface area (Å²) < 4.78 is 0.920. The number of nitrogen functional groups attached to an aromatic ring is 1. The van der Waals surface area contributed by atoms with Crippen LogP contribution in [0.1, 0.15) is 46.8 Å². The Kier molecular flexibility index (Phi) is 6.99. The lowest BCUT2D eigenvalue weighted by atomic mass is 9.95. The number of carbonyl (C=O) groups is 1. The molecule has 0 fully saturated rings. The molecule has 0 amide bonds. The summed E-state index contributed by atoms with van der Waals surface area (Å²) in [7, 11) is 0. The number of anilines is 3. The zero-order valence-corrected chi connectivity index (χ0v) is 18.9. The highest BCUT2D eigenvalue weighted by Gasteiger charge is 2.19. The molecule has 150 valence electrons. The van der Waals surface area contributed by atoms with E-state index in [1.54, 1.807) is 6.07 Å². The molecule has 0 aliphatic carbocycles. The Morgan fingerprint density at radius 2 is 1.79 bits per heavy atom. The summed E-state index contributed by atoms with van der Waals surface area (Å²) in [6.07, 6.45) is 2.79. The molecule has 0 atom stereocenters. The summed E-state index contributed by atoms with van der Waals surface area (Å²) in [5.74, 6) is -0.0550. The molecule has 3 nitrogen and oxygen atoms in total. The van der Waals surface area contributed by atoms with Crippen LogP contribution in [0, 0.1) is 6.92 Å². The third-order valence-corrected chi connectivity index (χ3v) is 5.87. The van der Waals surface area contributed by atoms with Crippen molar-refractivity contribution in [1.29, 1.82) is 0 Å². The highest BCUT2D eigenvalue weighted by atomic mass is 79.9. The van der Waals surface area contributed by atoms with E-state index in [0.29, 0.717) is 21.8 Å². The van der Waals surface area contributed by atoms with Crippen LogP contribution in [-0.4, -0.2) is 5.78 Å². The van der Waals surface area contributed by atoms with E-state index < -0.39 is 0 Å². The molecule has 0 aliphatic rings. The van der Waals surface area contributed by atoms with E-state index >= 15 is 0 Å². The second-order valence-electron chi connectivity index (χ2n) is 7.06. The summed E-state index contributed by atoms with van der Waals surface area (Å²) in [4.78, 5) is 13.1. The van der Waals surface area contributed by atoms with Crippen molar-refractivity contribution in [2.75, 3.05) is 11.1 Å². The third-order valence-electron chi connectivity index (χ3n) is 4.94. The van der Waals surface area contributed by atoms with Crippen molar-refractivity contribution in [3.8, 4) is 0 Å². The molecule has 0 bridgehead atoms. The minimum absolute atomic E-state index is 0.0550. The third kappa shape index (κ3) is 4.82. The molecule has 0 saturated carbocycles. The summed E-state index contributed by atoms with van der Waals surface area (Å²) in [6, 6.07) is 17.0. The van der Waals surface area contributed by atoms with Gasteiger partial charge in [-0.25, -0.2) is 0 Å². The molecule has 5 heteroatoms. The SMILES string of the molecule is CCCCc1c(Nc2ccc(Br)cc2N)ccc(C(=O)c2ccccc2C)c1Cl. The molecule has 0 unspecified atom stereocenters. The predicted molar refractivity (Wildman–Crippen MR) is 127 cm³/mol. The van der Waals surface area contributed by atoms with Crippen LogP contribution in [0.4, 0.5) is 17.1 Å². The van der Waals surface area contributed by atoms with Gasteiger partial charge in [-0.1, -0.05) is 65.1 Å². The number of hydrogen-bond acceptors (Lipinski definition) is 3. The fourth-order valence-electron chi connectivity index (χ4n) is 3.28. The first-order chi connectivity index (χ1) is 13.9. The Labute approximate surface area is 185 Å². The van der Waals surface area contributed by atoms with Crippen LogP contribution < -0.4 is 11.1 Å². The van der Waals surface area contributed by atoms with E-state index in [-0.39, 0.29) is 5.78 Å². The van der Waals surface area contributed by atoms with Crippen molar-refractivity contribution in [3.05, 3.63) is 86.3 Å². The summed E-state index contributed by atoms with van der Waals surface area (Å²) >= 11 is 10.2. The van der Waals surface area contributed by atoms with E-state index in [1.807, 2.05) is 55.5 Å². The van der Waals surface area contributed by atoms with Crippen molar-refractivity contribution < 1.29 is 4.79 Å². The molecule has 3 aromatic carbocycles. The summed E-state index contributed by atoms with van der Waals surface area (Å²) in [5, 5.41) is 3.90. The van der Waals surface area contributed by atoms with Crippen LogP contribution in [0.2, 0.25) is 5.02 Å². The zero-order valence-electron chi connectivity index (χ0n) is 16.6. The first-order valence-corrected chi connectivity index (χ1v) is 10.8. The maximum atomic E-state index is 13.1.